The summed E-state index contributed by atoms with van der Waals surface area (Å²) in [5, 5.41) is 0. The lowest BCUT2D eigenvalue weighted by atomic mass is 10.1. The Balaban J connectivity index is 1.57. The fourth-order valence-electron chi connectivity index (χ4n) is 3.13. The minimum absolute atomic E-state index is 0.260. The lowest BCUT2D eigenvalue weighted by Crippen LogP contribution is -2.12. The van der Waals surface area contributed by atoms with Crippen molar-refractivity contribution >= 4 is 15.7 Å². The summed E-state index contributed by atoms with van der Waals surface area (Å²) in [7, 11) is -3.57. The summed E-state index contributed by atoms with van der Waals surface area (Å²) in [6, 6.07) is 14.2. The van der Waals surface area contributed by atoms with Gasteiger partial charge in [0.15, 0.2) is 0 Å². The first-order chi connectivity index (χ1) is 12.0. The van der Waals surface area contributed by atoms with Gasteiger partial charge in [0.2, 0.25) is 0 Å². The van der Waals surface area contributed by atoms with Crippen molar-refractivity contribution in [3.63, 3.8) is 0 Å². The van der Waals surface area contributed by atoms with E-state index >= 15 is 0 Å². The first-order valence-corrected chi connectivity index (χ1v) is 9.75. The Morgan fingerprint density at radius 2 is 1.76 bits per heavy atom. The summed E-state index contributed by atoms with van der Waals surface area (Å²) in [6.45, 7) is 2.92. The molecule has 1 aliphatic heterocycles. The molecular formula is C19H19N3O2S. The first-order valence-electron chi connectivity index (χ1n) is 8.27. The van der Waals surface area contributed by atoms with E-state index in [0.717, 1.165) is 42.0 Å². The summed E-state index contributed by atoms with van der Waals surface area (Å²) < 4.78 is 29.8. The molecule has 2 heterocycles. The first kappa shape index (κ1) is 15.9. The van der Waals surface area contributed by atoms with E-state index in [-0.39, 0.29) is 4.90 Å². The Hall–Kier alpha value is -2.60. The normalized spacial score (nSPS) is 13.6. The van der Waals surface area contributed by atoms with Gasteiger partial charge in [-0.25, -0.2) is 13.4 Å². The highest BCUT2D eigenvalue weighted by Crippen LogP contribution is 2.27. The molecule has 0 atom stereocenters. The molecule has 0 unspecified atom stereocenters. The Bertz CT molecular complexity index is 1000. The van der Waals surface area contributed by atoms with Crippen molar-refractivity contribution in [2.75, 3.05) is 4.72 Å². The number of imidazole rings is 1. The second-order valence-corrected chi connectivity index (χ2v) is 7.99. The van der Waals surface area contributed by atoms with E-state index < -0.39 is 10.0 Å². The van der Waals surface area contributed by atoms with Crippen molar-refractivity contribution in [3.8, 4) is 11.3 Å². The average molecular weight is 353 g/mol. The van der Waals surface area contributed by atoms with E-state index in [1.165, 1.54) is 0 Å². The highest BCUT2D eigenvalue weighted by molar-refractivity contribution is 7.92. The van der Waals surface area contributed by atoms with Crippen LogP contribution in [0.25, 0.3) is 11.3 Å². The minimum atomic E-state index is -3.57. The molecule has 0 aliphatic carbocycles. The molecule has 1 aromatic heterocycles. The van der Waals surface area contributed by atoms with Crippen molar-refractivity contribution in [2.24, 2.45) is 0 Å². The molecule has 0 bridgehead atoms. The van der Waals surface area contributed by atoms with Gasteiger partial charge >= 0.3 is 0 Å². The maximum absolute atomic E-state index is 12.5. The van der Waals surface area contributed by atoms with Crippen molar-refractivity contribution in [1.82, 2.24) is 9.55 Å². The van der Waals surface area contributed by atoms with Gasteiger partial charge in [0.1, 0.15) is 5.82 Å². The number of nitrogens with zero attached hydrogens (tertiary/aromatic N) is 2. The molecule has 6 heteroatoms. The van der Waals surface area contributed by atoms with Crippen LogP contribution in [0.2, 0.25) is 0 Å². The van der Waals surface area contributed by atoms with Crippen molar-refractivity contribution in [3.05, 3.63) is 66.1 Å². The molecule has 25 heavy (non-hydrogen) atoms. The molecule has 0 amide bonds. The molecule has 5 nitrogen and oxygen atoms in total. The van der Waals surface area contributed by atoms with Gasteiger partial charge in [-0.1, -0.05) is 29.8 Å². The van der Waals surface area contributed by atoms with Crippen LogP contribution in [0.15, 0.2) is 59.6 Å². The molecule has 1 aliphatic rings. The third-order valence-electron chi connectivity index (χ3n) is 4.48. The molecule has 0 radical (unpaired) electrons. The van der Waals surface area contributed by atoms with Crippen LogP contribution < -0.4 is 4.72 Å². The molecule has 3 aromatic rings. The number of nitrogens with one attached hydrogen (secondary N) is 1. The van der Waals surface area contributed by atoms with E-state index in [4.69, 9.17) is 0 Å². The Labute approximate surface area is 147 Å². The summed E-state index contributed by atoms with van der Waals surface area (Å²) in [5.41, 5.74) is 3.70. The standard InChI is InChI=1S/C19H19N3O2S/c1-14-4-10-17(11-5-14)25(23,24)21-16-8-6-15(7-9-16)18-13-20-19-3-2-12-22(18)19/h4-11,13,21H,2-3,12H2,1H3. The van der Waals surface area contributed by atoms with Crippen molar-refractivity contribution < 1.29 is 8.42 Å². The molecule has 0 spiro atoms. The topological polar surface area (TPSA) is 64.0 Å². The molecule has 1 N–H and O–H groups in total. The number of sulfonamides is 1. The average Bonchev–Trinajstić information content (AvgIpc) is 3.19. The fraction of sp³-hybridized carbons (Fsp3) is 0.211. The maximum Gasteiger partial charge on any atom is 0.261 e. The smallest absolute Gasteiger partial charge is 0.261 e. The Kier molecular flexibility index (Phi) is 3.84. The number of aromatic nitrogens is 2. The molecular weight excluding hydrogens is 334 g/mol. The van der Waals surface area contributed by atoms with E-state index in [1.54, 1.807) is 36.4 Å². The lowest BCUT2D eigenvalue weighted by Gasteiger charge is -2.10. The van der Waals surface area contributed by atoms with Crippen LogP contribution in [-0.4, -0.2) is 18.0 Å². The number of rotatable bonds is 4. The zero-order chi connectivity index (χ0) is 17.4. The van der Waals surface area contributed by atoms with Crippen LogP contribution in [0.5, 0.6) is 0 Å². The van der Waals surface area contributed by atoms with Gasteiger partial charge in [0.25, 0.3) is 10.0 Å². The van der Waals surface area contributed by atoms with E-state index in [2.05, 4.69) is 14.3 Å². The Morgan fingerprint density at radius 3 is 2.48 bits per heavy atom. The van der Waals surface area contributed by atoms with Gasteiger partial charge < -0.3 is 4.57 Å². The maximum atomic E-state index is 12.5. The second kappa shape index (κ2) is 6.04. The summed E-state index contributed by atoms with van der Waals surface area (Å²) in [5.74, 6) is 1.12. The van der Waals surface area contributed by atoms with Crippen molar-refractivity contribution in [2.45, 2.75) is 31.2 Å². The van der Waals surface area contributed by atoms with E-state index in [1.807, 2.05) is 25.3 Å². The number of hydrogen-bond donors (Lipinski definition) is 1. The van der Waals surface area contributed by atoms with Gasteiger partial charge in [-0.3, -0.25) is 4.72 Å². The number of anilines is 1. The van der Waals surface area contributed by atoms with Gasteiger partial charge in [0.05, 0.1) is 16.8 Å². The van der Waals surface area contributed by atoms with Crippen LogP contribution in [0.3, 0.4) is 0 Å². The van der Waals surface area contributed by atoms with Crippen LogP contribution in [0, 0.1) is 6.92 Å². The molecule has 4 rings (SSSR count). The number of benzene rings is 2. The van der Waals surface area contributed by atoms with Crippen LogP contribution in [0.4, 0.5) is 5.69 Å². The number of fused-ring (bicyclic) bond motifs is 1. The largest absolute Gasteiger partial charge is 0.328 e. The second-order valence-electron chi connectivity index (χ2n) is 6.31. The third kappa shape index (κ3) is 3.05. The van der Waals surface area contributed by atoms with Gasteiger partial charge in [-0.15, -0.1) is 0 Å². The van der Waals surface area contributed by atoms with Gasteiger partial charge in [-0.2, -0.15) is 0 Å². The fourth-order valence-corrected chi connectivity index (χ4v) is 4.19. The molecule has 0 fully saturated rings. The zero-order valence-corrected chi connectivity index (χ0v) is 14.8. The van der Waals surface area contributed by atoms with E-state index in [9.17, 15) is 8.42 Å². The molecule has 2 aromatic carbocycles. The lowest BCUT2D eigenvalue weighted by molar-refractivity contribution is 0.601. The minimum Gasteiger partial charge on any atom is -0.328 e. The van der Waals surface area contributed by atoms with E-state index in [0.29, 0.717) is 5.69 Å². The number of aryl methyl sites for hydroxylation is 2. The van der Waals surface area contributed by atoms with Crippen LogP contribution >= 0.6 is 0 Å². The predicted octanol–water partition coefficient (Wildman–Crippen LogP) is 3.61. The summed E-state index contributed by atoms with van der Waals surface area (Å²) in [6.07, 6.45) is 4.04. The quantitative estimate of drug-likeness (QED) is 0.779. The van der Waals surface area contributed by atoms with Gasteiger partial charge in [0, 0.05) is 18.7 Å². The Morgan fingerprint density at radius 1 is 1.04 bits per heavy atom. The number of hydrogen-bond acceptors (Lipinski definition) is 3. The predicted molar refractivity (Wildman–Crippen MR) is 98.0 cm³/mol. The van der Waals surface area contributed by atoms with Gasteiger partial charge in [-0.05, 0) is 43.2 Å². The summed E-state index contributed by atoms with van der Waals surface area (Å²) >= 11 is 0. The third-order valence-corrected chi connectivity index (χ3v) is 5.88. The van der Waals surface area contributed by atoms with Crippen LogP contribution in [0.1, 0.15) is 17.8 Å². The molecule has 0 saturated heterocycles. The SMILES string of the molecule is Cc1ccc(S(=O)(=O)Nc2ccc(-c3cnc4n3CCC4)cc2)cc1. The highest BCUT2D eigenvalue weighted by Gasteiger charge is 2.17. The van der Waals surface area contributed by atoms with Crippen molar-refractivity contribution in [1.29, 1.82) is 0 Å². The molecule has 0 saturated carbocycles. The van der Waals surface area contributed by atoms with Crippen LogP contribution in [-0.2, 0) is 23.0 Å². The zero-order valence-electron chi connectivity index (χ0n) is 13.9. The molecule has 128 valence electrons. The highest BCUT2D eigenvalue weighted by atomic mass is 32.2. The summed E-state index contributed by atoms with van der Waals surface area (Å²) in [4.78, 5) is 4.71. The monoisotopic (exact) mass is 353 g/mol.